The van der Waals surface area contributed by atoms with Crippen LogP contribution in [0, 0.1) is 0 Å². The van der Waals surface area contributed by atoms with Gasteiger partial charge in [-0.15, -0.1) is 20.4 Å². The number of hydrogen-bond donors (Lipinski definition) is 2. The van der Waals surface area contributed by atoms with Gasteiger partial charge in [0.15, 0.2) is 15.3 Å². The lowest BCUT2D eigenvalue weighted by molar-refractivity contribution is -0.137. The number of nitrogens with one attached hydrogen (secondary N) is 2. The molecule has 4 aromatic rings. The van der Waals surface area contributed by atoms with Crippen molar-refractivity contribution in [2.45, 2.75) is 46.9 Å². The third-order valence-electron chi connectivity index (χ3n) is 6.61. The lowest BCUT2D eigenvalue weighted by Gasteiger charge is -2.15. The molecule has 1 fully saturated rings. The van der Waals surface area contributed by atoms with Crippen LogP contribution in [0.1, 0.15) is 41.5 Å². The largest absolute Gasteiger partial charge is 0.416 e. The Labute approximate surface area is 274 Å². The zero-order valence-corrected chi connectivity index (χ0v) is 27.4. The van der Waals surface area contributed by atoms with Gasteiger partial charge in [-0.05, 0) is 61.1 Å². The molecule has 2 aromatic carbocycles. The van der Waals surface area contributed by atoms with Gasteiger partial charge in [0, 0.05) is 18.7 Å². The van der Waals surface area contributed by atoms with Gasteiger partial charge in [-0.1, -0.05) is 47.9 Å². The molecule has 0 unspecified atom stereocenters. The molecule has 2 N–H and O–H groups in total. The summed E-state index contributed by atoms with van der Waals surface area (Å²) in [6.45, 7) is 2.63. The van der Waals surface area contributed by atoms with E-state index in [4.69, 9.17) is 0 Å². The van der Waals surface area contributed by atoms with E-state index < -0.39 is 33.6 Å². The number of carbonyl (C=O) groups is 2. The predicted molar refractivity (Wildman–Crippen MR) is 168 cm³/mol. The van der Waals surface area contributed by atoms with E-state index in [-0.39, 0.29) is 39.4 Å². The standard InChI is InChI=1S/C27H27F3N8O4S4/c1-2-43-26-36-34-24(45-26)32-22(39)16-44-25-35-33-21(38(25)19-7-5-6-18(14-19)27(28,29)30)15-31-23(40)17-8-10-20(11-9-17)46(41,42)37-12-3-4-13-37/h5-11,14H,2-4,12-13,15-16H2,1H3,(H,31,40)(H,32,34,39). The molecule has 0 saturated carbocycles. The van der Waals surface area contributed by atoms with Crippen molar-refractivity contribution in [1.82, 2.24) is 34.6 Å². The molecule has 46 heavy (non-hydrogen) atoms. The summed E-state index contributed by atoms with van der Waals surface area (Å²) in [5, 5.41) is 21.8. The molecule has 1 saturated heterocycles. The highest BCUT2D eigenvalue weighted by Crippen LogP contribution is 2.32. The molecule has 0 spiro atoms. The summed E-state index contributed by atoms with van der Waals surface area (Å²) in [6, 6.07) is 10.0. The molecule has 12 nitrogen and oxygen atoms in total. The van der Waals surface area contributed by atoms with Crippen LogP contribution in [-0.2, 0) is 27.5 Å². The molecule has 0 atom stereocenters. The first-order chi connectivity index (χ1) is 22.0. The number of alkyl halides is 3. The maximum atomic E-state index is 13.5. The predicted octanol–water partition coefficient (Wildman–Crippen LogP) is 4.69. The number of halogens is 3. The monoisotopic (exact) mass is 712 g/mol. The lowest BCUT2D eigenvalue weighted by atomic mass is 10.2. The van der Waals surface area contributed by atoms with Crippen LogP contribution in [0.2, 0.25) is 0 Å². The van der Waals surface area contributed by atoms with E-state index in [0.717, 1.165) is 42.5 Å². The second-order valence-electron chi connectivity index (χ2n) is 9.74. The summed E-state index contributed by atoms with van der Waals surface area (Å²) in [6.07, 6.45) is -3.03. The van der Waals surface area contributed by atoms with E-state index in [0.29, 0.717) is 22.6 Å². The first-order valence-corrected chi connectivity index (χ1v) is 18.1. The molecule has 244 valence electrons. The summed E-state index contributed by atoms with van der Waals surface area (Å²) >= 11 is 3.64. The normalized spacial score (nSPS) is 14.0. The fraction of sp³-hybridized carbons (Fsp3) is 0.333. The number of sulfonamides is 1. The molecule has 19 heteroatoms. The van der Waals surface area contributed by atoms with E-state index in [1.165, 1.54) is 68.4 Å². The number of rotatable bonds is 12. The maximum Gasteiger partial charge on any atom is 0.416 e. The third-order valence-corrected chi connectivity index (χ3v) is 11.3. The van der Waals surface area contributed by atoms with Gasteiger partial charge in [0.2, 0.25) is 21.1 Å². The van der Waals surface area contributed by atoms with Gasteiger partial charge in [-0.2, -0.15) is 17.5 Å². The fourth-order valence-electron chi connectivity index (χ4n) is 4.43. The number of benzene rings is 2. The molecule has 1 aliphatic rings. The zero-order valence-electron chi connectivity index (χ0n) is 24.2. The quantitative estimate of drug-likeness (QED) is 0.156. The number of amides is 2. The van der Waals surface area contributed by atoms with Crippen LogP contribution >= 0.6 is 34.9 Å². The third kappa shape index (κ3) is 8.06. The average molecular weight is 713 g/mol. The second kappa shape index (κ2) is 14.5. The highest BCUT2D eigenvalue weighted by Gasteiger charge is 2.31. The zero-order chi connectivity index (χ0) is 32.9. The molecule has 0 bridgehead atoms. The van der Waals surface area contributed by atoms with E-state index in [1.54, 1.807) is 0 Å². The van der Waals surface area contributed by atoms with E-state index >= 15 is 0 Å². The van der Waals surface area contributed by atoms with Crippen molar-refractivity contribution in [2.75, 3.05) is 29.9 Å². The van der Waals surface area contributed by atoms with Crippen LogP contribution in [-0.4, -0.2) is 74.1 Å². The van der Waals surface area contributed by atoms with Crippen molar-refractivity contribution in [3.8, 4) is 5.69 Å². The number of hydrogen-bond acceptors (Lipinski definition) is 11. The maximum absolute atomic E-state index is 13.5. The number of thioether (sulfide) groups is 2. The van der Waals surface area contributed by atoms with Crippen LogP contribution < -0.4 is 10.6 Å². The van der Waals surface area contributed by atoms with E-state index in [1.807, 2.05) is 6.92 Å². The fourth-order valence-corrected chi connectivity index (χ4v) is 8.39. The first-order valence-electron chi connectivity index (χ1n) is 13.8. The van der Waals surface area contributed by atoms with Gasteiger partial charge in [-0.3, -0.25) is 19.5 Å². The van der Waals surface area contributed by atoms with E-state index in [9.17, 15) is 31.2 Å². The van der Waals surface area contributed by atoms with Gasteiger partial charge in [-0.25, -0.2) is 8.42 Å². The molecule has 5 rings (SSSR count). The Kier molecular flexibility index (Phi) is 10.7. The molecule has 0 radical (unpaired) electrons. The molecule has 2 amide bonds. The minimum Gasteiger partial charge on any atom is -0.345 e. The summed E-state index contributed by atoms with van der Waals surface area (Å²) in [5.41, 5.74) is -0.647. The Morgan fingerprint density at radius 1 is 1.00 bits per heavy atom. The second-order valence-corrected chi connectivity index (χ2v) is 15.1. The number of nitrogens with zero attached hydrogens (tertiary/aromatic N) is 6. The highest BCUT2D eigenvalue weighted by molar-refractivity contribution is 8.01. The first kappa shape index (κ1) is 33.8. The van der Waals surface area contributed by atoms with Gasteiger partial charge in [0.1, 0.15) is 0 Å². The Balaban J connectivity index is 1.32. The summed E-state index contributed by atoms with van der Waals surface area (Å²) in [4.78, 5) is 25.7. The smallest absolute Gasteiger partial charge is 0.345 e. The van der Waals surface area contributed by atoms with Gasteiger partial charge in [0.05, 0.1) is 28.4 Å². The van der Waals surface area contributed by atoms with Crippen LogP contribution in [0.4, 0.5) is 18.3 Å². The molecule has 2 aromatic heterocycles. The van der Waals surface area contributed by atoms with Crippen LogP contribution in [0.5, 0.6) is 0 Å². The minimum atomic E-state index is -4.61. The van der Waals surface area contributed by atoms with Gasteiger partial charge >= 0.3 is 6.18 Å². The molecular weight excluding hydrogens is 686 g/mol. The molecular formula is C27H27F3N8O4S4. The Bertz CT molecular complexity index is 1810. The van der Waals surface area contributed by atoms with Crippen molar-refractivity contribution in [3.63, 3.8) is 0 Å². The van der Waals surface area contributed by atoms with E-state index in [2.05, 4.69) is 31.0 Å². The minimum absolute atomic E-state index is 0.0763. The van der Waals surface area contributed by atoms with Crippen LogP contribution in [0.15, 0.2) is 62.9 Å². The van der Waals surface area contributed by atoms with Crippen molar-refractivity contribution in [1.29, 1.82) is 0 Å². The van der Waals surface area contributed by atoms with Crippen molar-refractivity contribution in [2.24, 2.45) is 0 Å². The highest BCUT2D eigenvalue weighted by atomic mass is 32.2. The summed E-state index contributed by atoms with van der Waals surface area (Å²) in [5.74, 6) is -0.254. The Hall–Kier alpha value is -3.52. The van der Waals surface area contributed by atoms with Crippen LogP contribution in [0.3, 0.4) is 0 Å². The van der Waals surface area contributed by atoms with Crippen LogP contribution in [0.25, 0.3) is 5.69 Å². The summed E-state index contributed by atoms with van der Waals surface area (Å²) in [7, 11) is -3.65. The van der Waals surface area contributed by atoms with Gasteiger partial charge < -0.3 is 5.32 Å². The number of aromatic nitrogens is 5. The molecule has 1 aliphatic heterocycles. The van der Waals surface area contributed by atoms with Crippen molar-refractivity contribution in [3.05, 3.63) is 65.5 Å². The topological polar surface area (TPSA) is 152 Å². The van der Waals surface area contributed by atoms with Crippen molar-refractivity contribution >= 4 is 61.8 Å². The molecule has 0 aliphatic carbocycles. The van der Waals surface area contributed by atoms with Crippen molar-refractivity contribution < 1.29 is 31.2 Å². The SMILES string of the molecule is CCSc1nnc(NC(=O)CSc2nnc(CNC(=O)c3ccc(S(=O)(=O)N4CCCC4)cc3)n2-c2cccc(C(F)(F)F)c2)s1. The van der Waals surface area contributed by atoms with Gasteiger partial charge in [0.25, 0.3) is 5.91 Å². The number of carbonyl (C=O) groups excluding carboxylic acids is 2. The summed E-state index contributed by atoms with van der Waals surface area (Å²) < 4.78 is 69.7. The Morgan fingerprint density at radius 2 is 1.74 bits per heavy atom. The lowest BCUT2D eigenvalue weighted by Crippen LogP contribution is -2.28. The average Bonchev–Trinajstić information content (AvgIpc) is 3.81. The Morgan fingerprint density at radius 3 is 2.43 bits per heavy atom. The molecule has 3 heterocycles. The number of anilines is 1.